The molecule has 0 aliphatic carbocycles. The van der Waals surface area contributed by atoms with Crippen LogP contribution in [0.5, 0.6) is 0 Å². The van der Waals surface area contributed by atoms with Gasteiger partial charge in [0, 0.05) is 12.8 Å². The highest BCUT2D eigenvalue weighted by atomic mass is 16.6. The fraction of sp³-hybridized carbons (Fsp3) is 0.417. The first-order valence-corrected chi connectivity index (χ1v) is 5.28. The molecule has 4 nitrogen and oxygen atoms in total. The van der Waals surface area contributed by atoms with Crippen LogP contribution < -0.4 is 4.90 Å². The Morgan fingerprint density at radius 2 is 2.00 bits per heavy atom. The minimum absolute atomic E-state index is 0.342. The van der Waals surface area contributed by atoms with Crippen LogP contribution in [0.1, 0.15) is 6.92 Å². The van der Waals surface area contributed by atoms with E-state index >= 15 is 0 Å². The molecule has 0 unspecified atom stereocenters. The minimum atomic E-state index is -0.342. The number of carbonyl (C=O) groups excluding carboxylic acids is 1. The Bertz CT molecular complexity index is 313. The van der Waals surface area contributed by atoms with Gasteiger partial charge in [0.15, 0.2) is 0 Å². The van der Waals surface area contributed by atoms with Gasteiger partial charge in [-0.05, 0) is 19.1 Å². The summed E-state index contributed by atoms with van der Waals surface area (Å²) < 4.78 is 9.96. The lowest BCUT2D eigenvalue weighted by Gasteiger charge is -2.21. The second-order valence-electron chi connectivity index (χ2n) is 3.18. The van der Waals surface area contributed by atoms with Gasteiger partial charge in [0.2, 0.25) is 0 Å². The van der Waals surface area contributed by atoms with Crippen LogP contribution in [-0.2, 0) is 9.47 Å². The van der Waals surface area contributed by atoms with Crippen LogP contribution >= 0.6 is 0 Å². The van der Waals surface area contributed by atoms with Gasteiger partial charge in [-0.25, -0.2) is 4.79 Å². The van der Waals surface area contributed by atoms with Crippen molar-refractivity contribution in [3.8, 4) is 0 Å². The highest BCUT2D eigenvalue weighted by Crippen LogP contribution is 2.14. The van der Waals surface area contributed by atoms with E-state index in [9.17, 15) is 4.79 Å². The predicted octanol–water partition coefficient (Wildman–Crippen LogP) is 2.30. The maximum Gasteiger partial charge on any atom is 0.414 e. The maximum absolute atomic E-state index is 11.7. The fourth-order valence-corrected chi connectivity index (χ4v) is 1.32. The van der Waals surface area contributed by atoms with Crippen LogP contribution in [0, 0.1) is 0 Å². The van der Waals surface area contributed by atoms with Gasteiger partial charge in [0.1, 0.15) is 0 Å². The molecule has 0 saturated carbocycles. The molecule has 1 amide bonds. The molecule has 1 rings (SSSR count). The van der Waals surface area contributed by atoms with E-state index in [2.05, 4.69) is 0 Å². The number of anilines is 1. The summed E-state index contributed by atoms with van der Waals surface area (Å²) in [6, 6.07) is 9.41. The van der Waals surface area contributed by atoms with Crippen molar-refractivity contribution in [3.63, 3.8) is 0 Å². The molecule has 0 heterocycles. The van der Waals surface area contributed by atoms with Gasteiger partial charge in [-0.3, -0.25) is 4.90 Å². The van der Waals surface area contributed by atoms with Crippen molar-refractivity contribution < 1.29 is 14.3 Å². The number of nitrogens with zero attached hydrogens (tertiary/aromatic N) is 1. The summed E-state index contributed by atoms with van der Waals surface area (Å²) in [6.07, 6.45) is -0.342. The zero-order valence-electron chi connectivity index (χ0n) is 9.68. The molecule has 88 valence electrons. The van der Waals surface area contributed by atoms with Crippen molar-refractivity contribution in [3.05, 3.63) is 30.3 Å². The van der Waals surface area contributed by atoms with Gasteiger partial charge in [-0.15, -0.1) is 0 Å². The van der Waals surface area contributed by atoms with E-state index in [0.29, 0.717) is 19.8 Å². The van der Waals surface area contributed by atoms with Crippen molar-refractivity contribution in [2.75, 3.05) is 31.8 Å². The van der Waals surface area contributed by atoms with E-state index in [0.717, 1.165) is 5.69 Å². The third kappa shape index (κ3) is 3.55. The normalized spacial score (nSPS) is 9.88. The number of rotatable bonds is 5. The van der Waals surface area contributed by atoms with E-state index in [-0.39, 0.29) is 6.09 Å². The predicted molar refractivity (Wildman–Crippen MR) is 62.7 cm³/mol. The summed E-state index contributed by atoms with van der Waals surface area (Å²) in [6.45, 7) is 3.12. The average molecular weight is 223 g/mol. The molecular formula is C12H17NO3. The number of amides is 1. The lowest BCUT2D eigenvalue weighted by Crippen LogP contribution is -2.34. The highest BCUT2D eigenvalue weighted by molar-refractivity contribution is 5.87. The van der Waals surface area contributed by atoms with Crippen molar-refractivity contribution in [1.29, 1.82) is 0 Å². The van der Waals surface area contributed by atoms with Crippen LogP contribution in [0.4, 0.5) is 10.5 Å². The Hall–Kier alpha value is -1.55. The summed E-state index contributed by atoms with van der Waals surface area (Å²) in [5.41, 5.74) is 0.818. The molecule has 0 aliphatic rings. The van der Waals surface area contributed by atoms with E-state index < -0.39 is 0 Å². The largest absolute Gasteiger partial charge is 0.449 e. The second kappa shape index (κ2) is 6.85. The monoisotopic (exact) mass is 223 g/mol. The molecule has 0 bridgehead atoms. The Morgan fingerprint density at radius 3 is 2.56 bits per heavy atom. The number of methoxy groups -OCH3 is 1. The Morgan fingerprint density at radius 1 is 1.31 bits per heavy atom. The summed E-state index contributed by atoms with van der Waals surface area (Å²) >= 11 is 0. The molecule has 0 saturated heterocycles. The van der Waals surface area contributed by atoms with E-state index in [1.807, 2.05) is 30.3 Å². The van der Waals surface area contributed by atoms with Gasteiger partial charge < -0.3 is 9.47 Å². The number of ether oxygens (including phenoxy) is 2. The number of para-hydroxylation sites is 1. The van der Waals surface area contributed by atoms with Crippen LogP contribution in [0.15, 0.2) is 30.3 Å². The first-order valence-electron chi connectivity index (χ1n) is 5.28. The summed E-state index contributed by atoms with van der Waals surface area (Å²) in [5, 5.41) is 0. The van der Waals surface area contributed by atoms with Gasteiger partial charge >= 0.3 is 6.09 Å². The molecule has 0 fully saturated rings. The summed E-state index contributed by atoms with van der Waals surface area (Å²) in [5.74, 6) is 0. The van der Waals surface area contributed by atoms with Gasteiger partial charge in [-0.2, -0.15) is 0 Å². The Balaban J connectivity index is 2.74. The maximum atomic E-state index is 11.7. The van der Waals surface area contributed by atoms with Gasteiger partial charge in [0.05, 0.1) is 19.8 Å². The molecule has 16 heavy (non-hydrogen) atoms. The van der Waals surface area contributed by atoms with Crippen LogP contribution in [0.25, 0.3) is 0 Å². The number of hydrogen-bond donors (Lipinski definition) is 0. The first-order chi connectivity index (χ1) is 7.79. The molecule has 0 N–H and O–H groups in total. The molecular weight excluding hydrogens is 206 g/mol. The Kier molecular flexibility index (Phi) is 5.36. The van der Waals surface area contributed by atoms with Crippen LogP contribution in [-0.4, -0.2) is 33.0 Å². The quantitative estimate of drug-likeness (QED) is 0.768. The number of benzene rings is 1. The van der Waals surface area contributed by atoms with E-state index in [1.54, 1.807) is 18.9 Å². The second-order valence-corrected chi connectivity index (χ2v) is 3.18. The van der Waals surface area contributed by atoms with Crippen molar-refractivity contribution in [2.24, 2.45) is 0 Å². The summed E-state index contributed by atoms with van der Waals surface area (Å²) in [7, 11) is 1.61. The van der Waals surface area contributed by atoms with E-state index in [4.69, 9.17) is 9.47 Å². The molecule has 0 aromatic heterocycles. The molecule has 1 aromatic rings. The van der Waals surface area contributed by atoms with Gasteiger partial charge in [0.25, 0.3) is 0 Å². The minimum Gasteiger partial charge on any atom is -0.449 e. The molecule has 1 aromatic carbocycles. The lowest BCUT2D eigenvalue weighted by atomic mass is 10.3. The number of carbonyl (C=O) groups is 1. The van der Waals surface area contributed by atoms with Crippen LogP contribution in [0.2, 0.25) is 0 Å². The SMILES string of the molecule is CCOC(=O)N(CCOC)c1ccccc1. The molecule has 0 radical (unpaired) electrons. The third-order valence-corrected chi connectivity index (χ3v) is 2.08. The van der Waals surface area contributed by atoms with Crippen LogP contribution in [0.3, 0.4) is 0 Å². The average Bonchev–Trinajstić information content (AvgIpc) is 2.31. The highest BCUT2D eigenvalue weighted by Gasteiger charge is 2.15. The smallest absolute Gasteiger partial charge is 0.414 e. The molecule has 0 spiro atoms. The van der Waals surface area contributed by atoms with Crippen molar-refractivity contribution >= 4 is 11.8 Å². The topological polar surface area (TPSA) is 38.8 Å². The van der Waals surface area contributed by atoms with Gasteiger partial charge in [-0.1, -0.05) is 18.2 Å². The molecule has 4 heteroatoms. The standard InChI is InChI=1S/C12H17NO3/c1-3-16-12(14)13(9-10-15-2)11-7-5-4-6-8-11/h4-8H,3,9-10H2,1-2H3. The molecule has 0 aliphatic heterocycles. The van der Waals surface area contributed by atoms with E-state index in [1.165, 1.54) is 0 Å². The lowest BCUT2D eigenvalue weighted by molar-refractivity contribution is 0.154. The first kappa shape index (κ1) is 12.5. The van der Waals surface area contributed by atoms with Crippen molar-refractivity contribution in [2.45, 2.75) is 6.92 Å². The van der Waals surface area contributed by atoms with Crippen molar-refractivity contribution in [1.82, 2.24) is 0 Å². The zero-order valence-corrected chi connectivity index (χ0v) is 9.68. The molecule has 0 atom stereocenters. The zero-order chi connectivity index (χ0) is 11.8. The third-order valence-electron chi connectivity index (χ3n) is 2.08. The fourth-order valence-electron chi connectivity index (χ4n) is 1.32. The number of hydrogen-bond acceptors (Lipinski definition) is 3. The Labute approximate surface area is 95.8 Å². The summed E-state index contributed by atoms with van der Waals surface area (Å²) in [4.78, 5) is 13.3.